The highest BCUT2D eigenvalue weighted by molar-refractivity contribution is 7.92. The van der Waals surface area contributed by atoms with Crippen molar-refractivity contribution < 1.29 is 16.8 Å². The summed E-state index contributed by atoms with van der Waals surface area (Å²) in [6.45, 7) is 1.88. The summed E-state index contributed by atoms with van der Waals surface area (Å²) in [5.74, 6) is 0. The summed E-state index contributed by atoms with van der Waals surface area (Å²) in [6, 6.07) is 15.1. The van der Waals surface area contributed by atoms with Gasteiger partial charge in [-0.3, -0.25) is 0 Å². The van der Waals surface area contributed by atoms with E-state index in [0.29, 0.717) is 11.3 Å². The zero-order valence-corrected chi connectivity index (χ0v) is 17.3. The Morgan fingerprint density at radius 2 is 1.63 bits per heavy atom. The SMILES string of the molecule is Cc1ccc(S(=O)(=O)c2nc(S(=O)(=O)NCc3ccccc3)sc2Cl)cc1. The number of halogens is 1. The van der Waals surface area contributed by atoms with Crippen molar-refractivity contribution in [2.75, 3.05) is 0 Å². The summed E-state index contributed by atoms with van der Waals surface area (Å²) < 4.78 is 52.2. The summed E-state index contributed by atoms with van der Waals surface area (Å²) in [4.78, 5) is 3.81. The summed E-state index contributed by atoms with van der Waals surface area (Å²) in [5.41, 5.74) is 1.66. The summed E-state index contributed by atoms with van der Waals surface area (Å²) in [6.07, 6.45) is 0. The first-order valence-corrected chi connectivity index (χ1v) is 11.9. The molecule has 6 nitrogen and oxygen atoms in total. The van der Waals surface area contributed by atoms with E-state index >= 15 is 0 Å². The molecule has 0 saturated heterocycles. The molecule has 0 aliphatic heterocycles. The first-order chi connectivity index (χ1) is 12.7. The number of nitrogens with one attached hydrogen (secondary N) is 1. The highest BCUT2D eigenvalue weighted by Gasteiger charge is 2.29. The van der Waals surface area contributed by atoms with Crippen molar-refractivity contribution in [3.8, 4) is 0 Å². The summed E-state index contributed by atoms with van der Waals surface area (Å²) in [5, 5.41) is -0.460. The van der Waals surface area contributed by atoms with Crippen molar-refractivity contribution in [2.45, 2.75) is 27.7 Å². The number of rotatable bonds is 6. The van der Waals surface area contributed by atoms with E-state index in [-0.39, 0.29) is 15.8 Å². The number of thiazole rings is 1. The predicted molar refractivity (Wildman–Crippen MR) is 104 cm³/mol. The van der Waals surface area contributed by atoms with Crippen LogP contribution in [0.3, 0.4) is 0 Å². The third-order valence-electron chi connectivity index (χ3n) is 3.66. The zero-order valence-electron chi connectivity index (χ0n) is 14.1. The first-order valence-electron chi connectivity index (χ1n) is 7.72. The van der Waals surface area contributed by atoms with Crippen LogP contribution in [0.5, 0.6) is 0 Å². The maximum Gasteiger partial charge on any atom is 0.268 e. The molecule has 1 N–H and O–H groups in total. The molecule has 0 amide bonds. The van der Waals surface area contributed by atoms with Crippen molar-refractivity contribution in [3.63, 3.8) is 0 Å². The maximum atomic E-state index is 12.7. The number of sulfone groups is 1. The van der Waals surface area contributed by atoms with E-state index in [0.717, 1.165) is 11.1 Å². The van der Waals surface area contributed by atoms with Crippen LogP contribution in [-0.4, -0.2) is 21.8 Å². The van der Waals surface area contributed by atoms with Crippen LogP contribution in [0.25, 0.3) is 0 Å². The molecule has 0 radical (unpaired) electrons. The van der Waals surface area contributed by atoms with Gasteiger partial charge in [0.05, 0.1) is 4.90 Å². The topological polar surface area (TPSA) is 93.2 Å². The van der Waals surface area contributed by atoms with Gasteiger partial charge < -0.3 is 0 Å². The lowest BCUT2D eigenvalue weighted by molar-refractivity contribution is 0.578. The summed E-state index contributed by atoms with van der Waals surface area (Å²) in [7, 11) is -8.02. The van der Waals surface area contributed by atoms with Gasteiger partial charge in [-0.25, -0.2) is 26.5 Å². The highest BCUT2D eigenvalue weighted by Crippen LogP contribution is 2.34. The predicted octanol–water partition coefficient (Wildman–Crippen LogP) is 3.42. The Kier molecular flexibility index (Phi) is 5.68. The van der Waals surface area contributed by atoms with Gasteiger partial charge in [-0.05, 0) is 24.6 Å². The number of sulfonamides is 1. The Hall–Kier alpha value is -1.78. The quantitative estimate of drug-likeness (QED) is 0.631. The Morgan fingerprint density at radius 1 is 1.00 bits per heavy atom. The summed E-state index contributed by atoms with van der Waals surface area (Å²) >= 11 is 6.62. The molecule has 10 heteroatoms. The van der Waals surface area contributed by atoms with E-state index in [1.54, 1.807) is 36.4 Å². The molecule has 3 aromatic rings. The lowest BCUT2D eigenvalue weighted by atomic mass is 10.2. The maximum absolute atomic E-state index is 12.7. The Balaban J connectivity index is 1.90. The lowest BCUT2D eigenvalue weighted by Crippen LogP contribution is -2.23. The number of benzene rings is 2. The molecular weight excluding hydrogens is 428 g/mol. The second-order valence-corrected chi connectivity index (χ2v) is 11.1. The van der Waals surface area contributed by atoms with Crippen molar-refractivity contribution in [3.05, 3.63) is 70.1 Å². The molecule has 2 aromatic carbocycles. The van der Waals surface area contributed by atoms with E-state index in [1.807, 2.05) is 13.0 Å². The molecule has 0 aliphatic carbocycles. The molecule has 27 heavy (non-hydrogen) atoms. The standard InChI is InChI=1S/C17H15ClN2O4S3/c1-12-7-9-14(10-8-12)26(21,22)16-15(18)25-17(20-16)27(23,24)19-11-13-5-3-2-4-6-13/h2-10,19H,11H2,1H3. The molecule has 0 saturated carbocycles. The van der Waals surface area contributed by atoms with Gasteiger partial charge >= 0.3 is 0 Å². The number of aromatic nitrogens is 1. The van der Waals surface area contributed by atoms with Crippen LogP contribution in [-0.2, 0) is 26.4 Å². The number of nitrogens with zero attached hydrogens (tertiary/aromatic N) is 1. The Bertz CT molecular complexity index is 1160. The number of hydrogen-bond donors (Lipinski definition) is 1. The molecule has 1 aromatic heterocycles. The molecule has 0 atom stereocenters. The largest absolute Gasteiger partial charge is 0.268 e. The number of hydrogen-bond acceptors (Lipinski definition) is 6. The molecule has 142 valence electrons. The molecule has 0 aliphatic rings. The minimum Gasteiger partial charge on any atom is -0.217 e. The molecule has 0 bridgehead atoms. The van der Waals surface area contributed by atoms with Crippen LogP contribution >= 0.6 is 22.9 Å². The fourth-order valence-electron chi connectivity index (χ4n) is 2.22. The van der Waals surface area contributed by atoms with Gasteiger partial charge in [0.15, 0.2) is 5.03 Å². The Labute approximate surface area is 166 Å². The molecular formula is C17H15ClN2O4S3. The van der Waals surface area contributed by atoms with Gasteiger partial charge in [0, 0.05) is 6.54 Å². The van der Waals surface area contributed by atoms with Crippen LogP contribution in [0.4, 0.5) is 0 Å². The van der Waals surface area contributed by atoms with E-state index < -0.39 is 29.2 Å². The minimum absolute atomic E-state index is 0.00138. The highest BCUT2D eigenvalue weighted by atomic mass is 35.5. The van der Waals surface area contributed by atoms with E-state index in [1.165, 1.54) is 12.1 Å². The third kappa shape index (κ3) is 4.39. The smallest absolute Gasteiger partial charge is 0.217 e. The van der Waals surface area contributed by atoms with Gasteiger partial charge in [-0.2, -0.15) is 0 Å². The average molecular weight is 443 g/mol. The van der Waals surface area contributed by atoms with Crippen LogP contribution in [0.1, 0.15) is 11.1 Å². The second kappa shape index (κ2) is 7.69. The van der Waals surface area contributed by atoms with Crippen molar-refractivity contribution in [2.24, 2.45) is 0 Å². The van der Waals surface area contributed by atoms with E-state index in [4.69, 9.17) is 11.6 Å². The zero-order chi connectivity index (χ0) is 19.7. The van der Waals surface area contributed by atoms with Crippen molar-refractivity contribution >= 4 is 42.8 Å². The average Bonchev–Trinajstić information content (AvgIpc) is 3.05. The van der Waals surface area contributed by atoms with Crippen LogP contribution < -0.4 is 4.72 Å². The van der Waals surface area contributed by atoms with Crippen molar-refractivity contribution in [1.82, 2.24) is 9.71 Å². The van der Waals surface area contributed by atoms with Crippen LogP contribution in [0.15, 0.2) is 68.9 Å². The fraction of sp³-hybridized carbons (Fsp3) is 0.118. The van der Waals surface area contributed by atoms with Gasteiger partial charge in [0.2, 0.25) is 14.2 Å². The number of aryl methyl sites for hydroxylation is 1. The normalized spacial score (nSPS) is 12.2. The van der Waals surface area contributed by atoms with Crippen molar-refractivity contribution in [1.29, 1.82) is 0 Å². The van der Waals surface area contributed by atoms with E-state index in [9.17, 15) is 16.8 Å². The molecule has 1 heterocycles. The molecule has 0 spiro atoms. The van der Waals surface area contributed by atoms with Gasteiger partial charge in [-0.15, -0.1) is 0 Å². The van der Waals surface area contributed by atoms with E-state index in [2.05, 4.69) is 9.71 Å². The minimum atomic E-state index is -4.02. The second-order valence-electron chi connectivity index (χ2n) is 5.69. The first kappa shape index (κ1) is 20.0. The molecule has 3 rings (SSSR count). The molecule has 0 unspecified atom stereocenters. The molecule has 0 fully saturated rings. The fourth-order valence-corrected chi connectivity index (χ4v) is 6.61. The van der Waals surface area contributed by atoms with Gasteiger partial charge in [0.1, 0.15) is 4.34 Å². The van der Waals surface area contributed by atoms with Crippen LogP contribution in [0, 0.1) is 6.92 Å². The lowest BCUT2D eigenvalue weighted by Gasteiger charge is -2.04. The van der Waals surface area contributed by atoms with Gasteiger partial charge in [0.25, 0.3) is 10.0 Å². The third-order valence-corrected chi connectivity index (χ3v) is 8.63. The van der Waals surface area contributed by atoms with Gasteiger partial charge in [-0.1, -0.05) is 71.0 Å². The van der Waals surface area contributed by atoms with Crippen LogP contribution in [0.2, 0.25) is 4.34 Å². The monoisotopic (exact) mass is 442 g/mol. The Morgan fingerprint density at radius 3 is 2.26 bits per heavy atom.